The normalized spacial score (nSPS) is 15.1. The fraction of sp³-hybridized carbons (Fsp3) is 0.500. The van der Waals surface area contributed by atoms with Crippen LogP contribution in [0.5, 0.6) is 11.5 Å². The van der Waals surface area contributed by atoms with E-state index in [0.717, 1.165) is 5.56 Å². The van der Waals surface area contributed by atoms with Crippen molar-refractivity contribution in [3.05, 3.63) is 57.9 Å². The first-order chi connectivity index (χ1) is 18.7. The number of aliphatic hydroxyl groups excluding tert-OH is 2. The van der Waals surface area contributed by atoms with Gasteiger partial charge in [-0.1, -0.05) is 20.8 Å². The Hall–Kier alpha value is -3.50. The number of nitrogens with one attached hydrogen (secondary N) is 2. The van der Waals surface area contributed by atoms with Crippen molar-refractivity contribution in [2.45, 2.75) is 65.5 Å². The third-order valence-electron chi connectivity index (χ3n) is 7.01. The van der Waals surface area contributed by atoms with Gasteiger partial charge in [0.1, 0.15) is 5.84 Å². The maximum atomic E-state index is 15.7. The standard InChI is InChI=1S/C30H40FN3O6/c1-8-39-23-13-21-24(25(31)26(23)40-9-2)27(32)34(30(21,6)7)15-22(37)17-10-18(12-19(11-17)29(3,4)5)28(38)33-14-20(36)16-35/h10-13,20,32,35-36H,8-9,14-16H2,1-7H3,(H,33,38). The van der Waals surface area contributed by atoms with Gasteiger partial charge in [-0.05, 0) is 68.5 Å². The molecule has 0 fully saturated rings. The van der Waals surface area contributed by atoms with Gasteiger partial charge in [-0.2, -0.15) is 0 Å². The monoisotopic (exact) mass is 557 g/mol. The van der Waals surface area contributed by atoms with Gasteiger partial charge in [0.05, 0.1) is 43.6 Å². The van der Waals surface area contributed by atoms with Gasteiger partial charge < -0.3 is 29.9 Å². The number of halogens is 1. The molecule has 0 aliphatic carbocycles. The third kappa shape index (κ3) is 6.13. The SMILES string of the molecule is CCOc1cc2c(c(F)c1OCC)C(=N)N(CC(=O)c1cc(C(=O)NCC(O)CO)cc(C(C)(C)C)c1)C2(C)C. The van der Waals surface area contributed by atoms with Crippen molar-refractivity contribution < 1.29 is 33.7 Å². The molecule has 0 bridgehead atoms. The molecule has 0 radical (unpaired) electrons. The molecule has 218 valence electrons. The number of amides is 1. The second-order valence-corrected chi connectivity index (χ2v) is 11.3. The van der Waals surface area contributed by atoms with Crippen molar-refractivity contribution in [2.24, 2.45) is 0 Å². The van der Waals surface area contributed by atoms with Crippen LogP contribution in [0.3, 0.4) is 0 Å². The van der Waals surface area contributed by atoms with Crippen LogP contribution in [-0.4, -0.2) is 71.7 Å². The average Bonchev–Trinajstić information content (AvgIpc) is 3.08. The summed E-state index contributed by atoms with van der Waals surface area (Å²) in [5.74, 6) is -1.50. The summed E-state index contributed by atoms with van der Waals surface area (Å²) in [5, 5.41) is 30.1. The van der Waals surface area contributed by atoms with Crippen molar-refractivity contribution in [1.82, 2.24) is 10.2 Å². The number of ether oxygens (including phenoxy) is 2. The summed E-state index contributed by atoms with van der Waals surface area (Å²) in [4.78, 5) is 28.1. The van der Waals surface area contributed by atoms with Crippen LogP contribution in [0.2, 0.25) is 0 Å². The Kier molecular flexibility index (Phi) is 9.26. The summed E-state index contributed by atoms with van der Waals surface area (Å²) in [5.41, 5.74) is 0.525. The van der Waals surface area contributed by atoms with Crippen LogP contribution in [0.1, 0.15) is 85.9 Å². The topological polar surface area (TPSA) is 132 Å². The van der Waals surface area contributed by atoms with Crippen molar-refractivity contribution in [3.8, 4) is 11.5 Å². The number of rotatable bonds is 11. The smallest absolute Gasteiger partial charge is 0.251 e. The van der Waals surface area contributed by atoms with Gasteiger partial charge in [0.25, 0.3) is 5.91 Å². The molecule has 1 aliphatic heterocycles. The fourth-order valence-electron chi connectivity index (χ4n) is 4.67. The van der Waals surface area contributed by atoms with Gasteiger partial charge in [0, 0.05) is 17.7 Å². The first kappa shape index (κ1) is 31.0. The zero-order valence-electron chi connectivity index (χ0n) is 24.3. The third-order valence-corrected chi connectivity index (χ3v) is 7.01. The molecule has 4 N–H and O–H groups in total. The van der Waals surface area contributed by atoms with Gasteiger partial charge in [0.2, 0.25) is 0 Å². The summed E-state index contributed by atoms with van der Waals surface area (Å²) < 4.78 is 26.9. The molecule has 9 nitrogen and oxygen atoms in total. The predicted molar refractivity (Wildman–Crippen MR) is 150 cm³/mol. The van der Waals surface area contributed by atoms with Crippen LogP contribution in [0, 0.1) is 11.2 Å². The van der Waals surface area contributed by atoms with E-state index < -0.39 is 30.0 Å². The fourth-order valence-corrected chi connectivity index (χ4v) is 4.67. The number of hydrogen-bond donors (Lipinski definition) is 4. The maximum Gasteiger partial charge on any atom is 0.251 e. The number of carbonyl (C=O) groups excluding carboxylic acids is 2. The van der Waals surface area contributed by atoms with Crippen LogP contribution in [-0.2, 0) is 11.0 Å². The summed E-state index contributed by atoms with van der Waals surface area (Å²) in [6, 6.07) is 6.56. The van der Waals surface area contributed by atoms with Crippen molar-refractivity contribution in [1.29, 1.82) is 5.41 Å². The number of ketones is 1. The van der Waals surface area contributed by atoms with Gasteiger partial charge >= 0.3 is 0 Å². The number of Topliss-reactive ketones (excluding diaryl/α,β-unsaturated/α-hetero) is 1. The van der Waals surface area contributed by atoms with E-state index in [2.05, 4.69) is 5.32 Å². The molecule has 0 spiro atoms. The van der Waals surface area contributed by atoms with Gasteiger partial charge in [-0.15, -0.1) is 0 Å². The molecular weight excluding hydrogens is 517 g/mol. The molecule has 2 aromatic rings. The quantitative estimate of drug-likeness (QED) is 0.309. The largest absolute Gasteiger partial charge is 0.490 e. The Balaban J connectivity index is 1.99. The molecule has 1 amide bonds. The number of amidine groups is 1. The first-order valence-corrected chi connectivity index (χ1v) is 13.4. The lowest BCUT2D eigenvalue weighted by Gasteiger charge is -2.33. The highest BCUT2D eigenvalue weighted by atomic mass is 19.1. The van der Waals surface area contributed by atoms with Crippen LogP contribution >= 0.6 is 0 Å². The lowest BCUT2D eigenvalue weighted by atomic mass is 9.84. The van der Waals surface area contributed by atoms with E-state index in [1.54, 1.807) is 32.0 Å². The lowest BCUT2D eigenvalue weighted by molar-refractivity contribution is 0.0802. The van der Waals surface area contributed by atoms with Gasteiger partial charge in [0.15, 0.2) is 23.1 Å². The number of aliphatic hydroxyl groups is 2. The molecule has 1 unspecified atom stereocenters. The summed E-state index contributed by atoms with van der Waals surface area (Å²) >= 11 is 0. The predicted octanol–water partition coefficient (Wildman–Crippen LogP) is 3.76. The zero-order chi connectivity index (χ0) is 30.0. The minimum Gasteiger partial charge on any atom is -0.490 e. The number of nitrogens with zero attached hydrogens (tertiary/aromatic N) is 1. The van der Waals surface area contributed by atoms with Crippen LogP contribution < -0.4 is 14.8 Å². The van der Waals surface area contributed by atoms with E-state index >= 15 is 4.39 Å². The van der Waals surface area contributed by atoms with E-state index in [-0.39, 0.29) is 64.9 Å². The maximum absolute atomic E-state index is 15.7. The molecule has 1 atom stereocenters. The second-order valence-electron chi connectivity index (χ2n) is 11.3. The molecule has 0 saturated heterocycles. The molecule has 10 heteroatoms. The van der Waals surface area contributed by atoms with E-state index in [4.69, 9.17) is 20.0 Å². The molecule has 0 saturated carbocycles. The molecule has 40 heavy (non-hydrogen) atoms. The molecule has 1 aliphatic rings. The summed E-state index contributed by atoms with van der Waals surface area (Å²) in [7, 11) is 0. The minimum absolute atomic E-state index is 0.0586. The average molecular weight is 558 g/mol. The molecule has 0 aromatic heterocycles. The van der Waals surface area contributed by atoms with Crippen LogP contribution in [0.4, 0.5) is 4.39 Å². The van der Waals surface area contributed by atoms with Crippen LogP contribution in [0.25, 0.3) is 0 Å². The Morgan fingerprint density at radius 1 is 1.10 bits per heavy atom. The Morgan fingerprint density at radius 3 is 2.30 bits per heavy atom. The zero-order valence-corrected chi connectivity index (χ0v) is 24.3. The summed E-state index contributed by atoms with van der Waals surface area (Å²) in [6.45, 7) is 12.7. The molecule has 2 aromatic carbocycles. The van der Waals surface area contributed by atoms with Crippen molar-refractivity contribution in [3.63, 3.8) is 0 Å². The molecular formula is C30H40FN3O6. The molecule has 1 heterocycles. The second kappa shape index (κ2) is 11.9. The highest BCUT2D eigenvalue weighted by molar-refractivity contribution is 6.07. The number of benzene rings is 2. The van der Waals surface area contributed by atoms with E-state index in [1.165, 1.54) is 11.0 Å². The Labute approximate surface area is 234 Å². The number of carbonyl (C=O) groups is 2. The van der Waals surface area contributed by atoms with E-state index in [0.29, 0.717) is 12.2 Å². The van der Waals surface area contributed by atoms with E-state index in [1.807, 2.05) is 34.6 Å². The molecule has 3 rings (SSSR count). The van der Waals surface area contributed by atoms with Crippen LogP contribution in [0.15, 0.2) is 24.3 Å². The number of fused-ring (bicyclic) bond motifs is 1. The summed E-state index contributed by atoms with van der Waals surface area (Å²) in [6.07, 6.45) is -1.10. The Bertz CT molecular complexity index is 1300. The van der Waals surface area contributed by atoms with Crippen molar-refractivity contribution in [2.75, 3.05) is 32.9 Å². The first-order valence-electron chi connectivity index (χ1n) is 13.4. The van der Waals surface area contributed by atoms with Crippen molar-refractivity contribution >= 4 is 17.5 Å². The lowest BCUT2D eigenvalue weighted by Crippen LogP contribution is -2.42. The highest BCUT2D eigenvalue weighted by Gasteiger charge is 2.45. The van der Waals surface area contributed by atoms with Gasteiger partial charge in [-0.3, -0.25) is 15.0 Å². The highest BCUT2D eigenvalue weighted by Crippen LogP contribution is 2.46. The minimum atomic E-state index is -1.10. The Morgan fingerprint density at radius 2 is 1.73 bits per heavy atom. The number of hydrogen-bond acceptors (Lipinski definition) is 7. The van der Waals surface area contributed by atoms with Gasteiger partial charge in [-0.25, -0.2) is 4.39 Å². The van der Waals surface area contributed by atoms with E-state index in [9.17, 15) is 14.7 Å².